The molecule has 4 aromatic rings. The van der Waals surface area contributed by atoms with Crippen LogP contribution in [0.5, 0.6) is 0 Å². The van der Waals surface area contributed by atoms with Crippen LogP contribution in [0.15, 0.2) is 88.8 Å². The number of anilines is 1. The Kier molecular flexibility index (Phi) is 6.34. The molecule has 1 heterocycles. The second-order valence-corrected chi connectivity index (χ2v) is 8.09. The summed E-state index contributed by atoms with van der Waals surface area (Å²) in [6.07, 6.45) is 0. The fourth-order valence-corrected chi connectivity index (χ4v) is 4.23. The number of benzene rings is 3. The molecule has 0 atom stereocenters. The van der Waals surface area contributed by atoms with Crippen LogP contribution in [0, 0.1) is 18.3 Å². The summed E-state index contributed by atoms with van der Waals surface area (Å²) < 4.78 is 1.54. The van der Waals surface area contributed by atoms with E-state index in [2.05, 4.69) is 4.98 Å². The Balaban J connectivity index is 1.71. The Labute approximate surface area is 189 Å². The van der Waals surface area contributed by atoms with Gasteiger partial charge in [0, 0.05) is 5.69 Å². The molecule has 1 aromatic heterocycles. The fraction of sp³-hybridized carbons (Fsp3) is 0.120. The predicted octanol–water partition coefficient (Wildman–Crippen LogP) is 4.34. The summed E-state index contributed by atoms with van der Waals surface area (Å²) in [5.74, 6) is -0.201. The molecular formula is C25H20N4O2S. The van der Waals surface area contributed by atoms with Crippen molar-refractivity contribution in [3.63, 3.8) is 0 Å². The predicted molar refractivity (Wildman–Crippen MR) is 127 cm³/mol. The van der Waals surface area contributed by atoms with E-state index in [-0.39, 0.29) is 23.8 Å². The highest BCUT2D eigenvalue weighted by atomic mass is 32.2. The van der Waals surface area contributed by atoms with Gasteiger partial charge in [-0.25, -0.2) is 4.98 Å². The van der Waals surface area contributed by atoms with E-state index >= 15 is 0 Å². The van der Waals surface area contributed by atoms with E-state index in [9.17, 15) is 14.9 Å². The fourth-order valence-electron chi connectivity index (χ4n) is 3.34. The van der Waals surface area contributed by atoms with Gasteiger partial charge in [-0.05, 0) is 43.3 Å². The highest BCUT2D eigenvalue weighted by Gasteiger charge is 2.19. The summed E-state index contributed by atoms with van der Waals surface area (Å²) in [5, 5.41) is 10.1. The normalized spacial score (nSPS) is 10.6. The van der Waals surface area contributed by atoms with Gasteiger partial charge in [0.1, 0.15) is 6.54 Å². The van der Waals surface area contributed by atoms with Gasteiger partial charge < -0.3 is 0 Å². The van der Waals surface area contributed by atoms with Crippen LogP contribution < -0.4 is 10.5 Å². The van der Waals surface area contributed by atoms with Gasteiger partial charge in [0.15, 0.2) is 5.16 Å². The number of aromatic nitrogens is 2. The second-order valence-electron chi connectivity index (χ2n) is 7.15. The molecule has 32 heavy (non-hydrogen) atoms. The van der Waals surface area contributed by atoms with Crippen LogP contribution >= 0.6 is 11.8 Å². The Morgan fingerprint density at radius 1 is 1.03 bits per heavy atom. The third-order valence-electron chi connectivity index (χ3n) is 4.96. The van der Waals surface area contributed by atoms with Crippen molar-refractivity contribution >= 4 is 34.3 Å². The molecule has 0 aliphatic rings. The number of carbonyl (C=O) groups is 1. The summed E-state index contributed by atoms with van der Waals surface area (Å²) in [6.45, 7) is 1.92. The zero-order chi connectivity index (χ0) is 22.5. The highest BCUT2D eigenvalue weighted by Crippen LogP contribution is 2.23. The maximum Gasteiger partial charge on any atom is 0.266 e. The van der Waals surface area contributed by atoms with E-state index in [0.29, 0.717) is 27.4 Å². The number of hydrogen-bond donors (Lipinski definition) is 0. The Hall–Kier alpha value is -3.89. The van der Waals surface area contributed by atoms with Crippen molar-refractivity contribution in [1.82, 2.24) is 9.55 Å². The first kappa shape index (κ1) is 21.3. The van der Waals surface area contributed by atoms with E-state index in [1.165, 1.54) is 21.2 Å². The van der Waals surface area contributed by atoms with Crippen LogP contribution in [0.3, 0.4) is 0 Å². The monoisotopic (exact) mass is 440 g/mol. The first-order chi connectivity index (χ1) is 15.6. The number of nitrogens with zero attached hydrogens (tertiary/aromatic N) is 4. The number of para-hydroxylation sites is 2. The quantitative estimate of drug-likeness (QED) is 0.253. The SMILES string of the molecule is Cc1ccc(-n2c(SCC(=O)N(CC#N)c3ccccc3)nc3ccccc3c2=O)cc1. The Morgan fingerprint density at radius 2 is 1.72 bits per heavy atom. The van der Waals surface area contributed by atoms with Gasteiger partial charge in [-0.15, -0.1) is 0 Å². The molecule has 3 aromatic carbocycles. The molecule has 0 fully saturated rings. The van der Waals surface area contributed by atoms with Crippen molar-refractivity contribution < 1.29 is 4.79 Å². The van der Waals surface area contributed by atoms with Crippen LogP contribution in [-0.2, 0) is 4.79 Å². The van der Waals surface area contributed by atoms with Crippen molar-refractivity contribution in [1.29, 1.82) is 5.26 Å². The number of aryl methyl sites for hydroxylation is 1. The molecule has 158 valence electrons. The number of carbonyl (C=O) groups excluding carboxylic acids is 1. The second kappa shape index (κ2) is 9.50. The van der Waals surface area contributed by atoms with Gasteiger partial charge in [0.25, 0.3) is 5.56 Å². The van der Waals surface area contributed by atoms with E-state index in [0.717, 1.165) is 5.56 Å². The lowest BCUT2D eigenvalue weighted by molar-refractivity contribution is -0.116. The van der Waals surface area contributed by atoms with Gasteiger partial charge >= 0.3 is 0 Å². The molecule has 1 amide bonds. The number of thioether (sulfide) groups is 1. The van der Waals surface area contributed by atoms with Gasteiger partial charge in [0.05, 0.1) is 28.4 Å². The minimum absolute atomic E-state index is 0.0349. The molecule has 7 heteroatoms. The number of fused-ring (bicyclic) bond motifs is 1. The molecule has 4 rings (SSSR count). The number of hydrogen-bond acceptors (Lipinski definition) is 5. The van der Waals surface area contributed by atoms with E-state index in [4.69, 9.17) is 0 Å². The topological polar surface area (TPSA) is 79.0 Å². The molecule has 0 saturated heterocycles. The third kappa shape index (κ3) is 4.41. The van der Waals surface area contributed by atoms with Gasteiger partial charge in [-0.1, -0.05) is 59.8 Å². The smallest absolute Gasteiger partial charge is 0.266 e. The van der Waals surface area contributed by atoms with Crippen molar-refractivity contribution in [2.24, 2.45) is 0 Å². The molecule has 0 aliphatic heterocycles. The van der Waals surface area contributed by atoms with Crippen LogP contribution in [0.4, 0.5) is 5.69 Å². The lowest BCUT2D eigenvalue weighted by atomic mass is 10.2. The molecule has 0 radical (unpaired) electrons. The van der Waals surface area contributed by atoms with E-state index < -0.39 is 0 Å². The van der Waals surface area contributed by atoms with E-state index in [1.807, 2.05) is 61.5 Å². The van der Waals surface area contributed by atoms with Crippen molar-refractivity contribution in [2.45, 2.75) is 12.1 Å². The van der Waals surface area contributed by atoms with Crippen LogP contribution in [-0.4, -0.2) is 27.8 Å². The maximum atomic E-state index is 13.3. The summed E-state index contributed by atoms with van der Waals surface area (Å²) >= 11 is 1.18. The lowest BCUT2D eigenvalue weighted by Gasteiger charge is -2.20. The average molecular weight is 441 g/mol. The van der Waals surface area contributed by atoms with Gasteiger partial charge in [0.2, 0.25) is 5.91 Å². The van der Waals surface area contributed by atoms with Crippen LogP contribution in [0.1, 0.15) is 5.56 Å². The van der Waals surface area contributed by atoms with Gasteiger partial charge in [-0.2, -0.15) is 5.26 Å². The Bertz CT molecular complexity index is 1360. The molecule has 0 unspecified atom stereocenters. The standard InChI is InChI=1S/C25H20N4O2S/c1-18-11-13-20(14-12-18)29-24(31)21-9-5-6-10-22(21)27-25(29)32-17-23(30)28(16-15-26)19-7-3-2-4-8-19/h2-14H,16-17H2,1H3. The van der Waals surface area contributed by atoms with Gasteiger partial charge in [-0.3, -0.25) is 19.1 Å². The Morgan fingerprint density at radius 3 is 2.44 bits per heavy atom. The number of amides is 1. The van der Waals surface area contributed by atoms with Crippen molar-refractivity contribution in [2.75, 3.05) is 17.2 Å². The first-order valence-electron chi connectivity index (χ1n) is 10.0. The summed E-state index contributed by atoms with van der Waals surface area (Å²) in [4.78, 5) is 32.4. The zero-order valence-electron chi connectivity index (χ0n) is 17.4. The summed E-state index contributed by atoms with van der Waals surface area (Å²) in [6, 6.07) is 25.9. The van der Waals surface area contributed by atoms with E-state index in [1.54, 1.807) is 30.3 Å². The molecule has 0 saturated carbocycles. The zero-order valence-corrected chi connectivity index (χ0v) is 18.2. The van der Waals surface area contributed by atoms with Crippen LogP contribution in [0.25, 0.3) is 16.6 Å². The molecule has 0 aliphatic carbocycles. The van der Waals surface area contributed by atoms with Crippen molar-refractivity contribution in [3.8, 4) is 11.8 Å². The largest absolute Gasteiger partial charge is 0.298 e. The van der Waals surface area contributed by atoms with Crippen molar-refractivity contribution in [3.05, 3.63) is 94.8 Å². The average Bonchev–Trinajstić information content (AvgIpc) is 2.82. The first-order valence-corrected chi connectivity index (χ1v) is 11.0. The molecule has 0 spiro atoms. The van der Waals surface area contributed by atoms with Crippen LogP contribution in [0.2, 0.25) is 0 Å². The molecular weight excluding hydrogens is 420 g/mol. The summed E-state index contributed by atoms with van der Waals surface area (Å²) in [5.41, 5.74) is 2.81. The molecule has 0 N–H and O–H groups in total. The lowest BCUT2D eigenvalue weighted by Crippen LogP contribution is -2.33. The minimum atomic E-state index is -0.236. The number of nitriles is 1. The molecule has 0 bridgehead atoms. The highest BCUT2D eigenvalue weighted by molar-refractivity contribution is 7.99. The number of rotatable bonds is 6. The minimum Gasteiger partial charge on any atom is -0.298 e. The maximum absolute atomic E-state index is 13.3. The third-order valence-corrected chi connectivity index (χ3v) is 5.88. The summed E-state index contributed by atoms with van der Waals surface area (Å²) in [7, 11) is 0. The molecule has 6 nitrogen and oxygen atoms in total.